The number of ether oxygens (including phenoxy) is 1. The number of carbonyl (C=O) groups excluding carboxylic acids is 3. The van der Waals surface area contributed by atoms with Crippen LogP contribution in [0.5, 0.6) is 0 Å². The van der Waals surface area contributed by atoms with Gasteiger partial charge in [0.25, 0.3) is 11.8 Å². The van der Waals surface area contributed by atoms with E-state index < -0.39 is 47.0 Å². The van der Waals surface area contributed by atoms with Crippen molar-refractivity contribution in [1.82, 2.24) is 4.90 Å². The molecule has 0 spiro atoms. The molecule has 2 amide bonds. The average molecular weight is 541 g/mol. The third-order valence-electron chi connectivity index (χ3n) is 5.85. The highest BCUT2D eigenvalue weighted by Crippen LogP contribution is 2.28. The van der Waals surface area contributed by atoms with E-state index in [-0.39, 0.29) is 11.6 Å². The van der Waals surface area contributed by atoms with Crippen LogP contribution in [-0.4, -0.2) is 47.9 Å². The molecule has 3 aromatic rings. The lowest BCUT2D eigenvalue weighted by Gasteiger charge is -2.26. The molecule has 39 heavy (non-hydrogen) atoms. The summed E-state index contributed by atoms with van der Waals surface area (Å²) in [6.07, 6.45) is 0. The minimum atomic E-state index is -1.39. The number of rotatable bonds is 8. The van der Waals surface area contributed by atoms with Crippen LogP contribution in [0, 0.1) is 17.5 Å². The zero-order chi connectivity index (χ0) is 28.9. The van der Waals surface area contributed by atoms with Gasteiger partial charge in [0.05, 0.1) is 0 Å². The zero-order valence-electron chi connectivity index (χ0n) is 22.6. The predicted octanol–water partition coefficient (Wildman–Crippen LogP) is 6.24. The first-order chi connectivity index (χ1) is 18.3. The summed E-state index contributed by atoms with van der Waals surface area (Å²) in [5.41, 5.74) is 0.139. The second-order valence-electron chi connectivity index (χ2n) is 9.83. The van der Waals surface area contributed by atoms with Gasteiger partial charge in [0.15, 0.2) is 0 Å². The molecule has 0 fully saturated rings. The van der Waals surface area contributed by atoms with Crippen molar-refractivity contribution in [2.45, 2.75) is 40.2 Å². The molecule has 6 nitrogen and oxygen atoms in total. The molecule has 0 atom stereocenters. The summed E-state index contributed by atoms with van der Waals surface area (Å²) in [6.45, 7) is 9.24. The van der Waals surface area contributed by atoms with E-state index in [1.165, 1.54) is 6.07 Å². The first-order valence-electron chi connectivity index (χ1n) is 12.5. The van der Waals surface area contributed by atoms with Crippen molar-refractivity contribution < 1.29 is 32.3 Å². The Hall–Kier alpha value is -4.14. The van der Waals surface area contributed by atoms with Crippen LogP contribution in [0.1, 0.15) is 55.3 Å². The Morgan fingerprint density at radius 1 is 0.795 bits per heavy atom. The molecule has 206 valence electrons. The molecule has 9 heteroatoms. The first-order valence-corrected chi connectivity index (χ1v) is 12.5. The fraction of sp³-hybridized carbons (Fsp3) is 0.300. The standard InChI is InChI=1S/C30H31F3N2O4/c1-6-34(7-2)28(37)20-13-11-19(12-14-20)21-9-8-10-23(15-21)35(18-26(36)39-30(3,4)5)29(38)27-24(32)16-22(31)17-25(27)33/h8-17H,6-7,18H2,1-5H3. The van der Waals surface area contributed by atoms with Crippen LogP contribution in [0.2, 0.25) is 0 Å². The molecule has 0 unspecified atom stereocenters. The number of hydrogen-bond acceptors (Lipinski definition) is 4. The molecule has 0 saturated heterocycles. The number of amides is 2. The number of benzene rings is 3. The smallest absolute Gasteiger partial charge is 0.326 e. The van der Waals surface area contributed by atoms with Gasteiger partial charge >= 0.3 is 5.97 Å². The quantitative estimate of drug-likeness (QED) is 0.317. The number of anilines is 1. The number of nitrogens with zero attached hydrogens (tertiary/aromatic N) is 2. The van der Waals surface area contributed by atoms with Crippen molar-refractivity contribution in [3.63, 3.8) is 0 Å². The highest BCUT2D eigenvalue weighted by Gasteiger charge is 2.29. The molecule has 0 aliphatic heterocycles. The highest BCUT2D eigenvalue weighted by molar-refractivity contribution is 6.09. The van der Waals surface area contributed by atoms with Gasteiger partial charge in [-0.15, -0.1) is 0 Å². The Bertz CT molecular complexity index is 1340. The molecule has 3 rings (SSSR count). The molecule has 3 aromatic carbocycles. The maximum Gasteiger partial charge on any atom is 0.326 e. The molecular formula is C30H31F3N2O4. The molecule has 0 aromatic heterocycles. The van der Waals surface area contributed by atoms with E-state index in [1.807, 2.05) is 13.8 Å². The van der Waals surface area contributed by atoms with Gasteiger partial charge in [0.1, 0.15) is 35.2 Å². The van der Waals surface area contributed by atoms with Crippen molar-refractivity contribution in [2.24, 2.45) is 0 Å². The molecule has 0 bridgehead atoms. The summed E-state index contributed by atoms with van der Waals surface area (Å²) in [5, 5.41) is 0. The predicted molar refractivity (Wildman–Crippen MR) is 143 cm³/mol. The Kier molecular flexibility index (Phi) is 9.16. The second-order valence-corrected chi connectivity index (χ2v) is 9.83. The molecule has 0 saturated carbocycles. The highest BCUT2D eigenvalue weighted by atomic mass is 19.1. The minimum absolute atomic E-state index is 0.0993. The lowest BCUT2D eigenvalue weighted by Crippen LogP contribution is -2.39. The van der Waals surface area contributed by atoms with Crippen molar-refractivity contribution in [3.05, 3.63) is 89.2 Å². The summed E-state index contributed by atoms with van der Waals surface area (Å²) in [4.78, 5) is 41.2. The average Bonchev–Trinajstić information content (AvgIpc) is 2.86. The van der Waals surface area contributed by atoms with Gasteiger partial charge in [0.2, 0.25) is 0 Å². The van der Waals surface area contributed by atoms with Gasteiger partial charge < -0.3 is 9.64 Å². The Balaban J connectivity index is 2.01. The number of halogens is 3. The normalized spacial score (nSPS) is 11.2. The van der Waals surface area contributed by atoms with Crippen LogP contribution >= 0.6 is 0 Å². The van der Waals surface area contributed by atoms with E-state index in [0.717, 1.165) is 4.90 Å². The Morgan fingerprint density at radius 3 is 1.92 bits per heavy atom. The lowest BCUT2D eigenvalue weighted by atomic mass is 10.0. The molecule has 0 radical (unpaired) electrons. The van der Waals surface area contributed by atoms with E-state index in [9.17, 15) is 27.6 Å². The Labute approximate surface area is 226 Å². The molecule has 0 heterocycles. The summed E-state index contributed by atoms with van der Waals surface area (Å²) in [6, 6.07) is 14.1. The minimum Gasteiger partial charge on any atom is -0.459 e. The first kappa shape index (κ1) is 29.4. The van der Waals surface area contributed by atoms with E-state index in [0.29, 0.717) is 41.9 Å². The number of esters is 1. The van der Waals surface area contributed by atoms with Crippen LogP contribution in [0.4, 0.5) is 18.9 Å². The van der Waals surface area contributed by atoms with Crippen molar-refractivity contribution >= 4 is 23.5 Å². The Morgan fingerprint density at radius 2 is 1.38 bits per heavy atom. The number of carbonyl (C=O) groups is 3. The van der Waals surface area contributed by atoms with Crippen molar-refractivity contribution in [3.8, 4) is 11.1 Å². The molecule has 0 N–H and O–H groups in total. The van der Waals surface area contributed by atoms with Crippen LogP contribution in [-0.2, 0) is 9.53 Å². The van der Waals surface area contributed by atoms with Crippen molar-refractivity contribution in [1.29, 1.82) is 0 Å². The molecule has 0 aliphatic carbocycles. The summed E-state index contributed by atoms with van der Waals surface area (Å²) in [7, 11) is 0. The molecule has 0 aliphatic rings. The van der Waals surface area contributed by atoms with E-state index in [1.54, 1.807) is 68.1 Å². The van der Waals surface area contributed by atoms with Crippen LogP contribution in [0.3, 0.4) is 0 Å². The number of hydrogen-bond donors (Lipinski definition) is 0. The maximum atomic E-state index is 14.5. The third kappa shape index (κ3) is 7.25. The van der Waals surface area contributed by atoms with Gasteiger partial charge in [-0.2, -0.15) is 0 Å². The van der Waals surface area contributed by atoms with Gasteiger partial charge in [-0.25, -0.2) is 13.2 Å². The summed E-state index contributed by atoms with van der Waals surface area (Å²) >= 11 is 0. The van der Waals surface area contributed by atoms with Crippen molar-refractivity contribution in [2.75, 3.05) is 24.5 Å². The van der Waals surface area contributed by atoms with Gasteiger partial charge in [-0.05, 0) is 70.0 Å². The third-order valence-corrected chi connectivity index (χ3v) is 5.85. The summed E-state index contributed by atoms with van der Waals surface area (Å²) in [5.74, 6) is -6.04. The maximum absolute atomic E-state index is 14.5. The topological polar surface area (TPSA) is 66.9 Å². The van der Waals surface area contributed by atoms with Gasteiger partial charge in [0, 0.05) is 36.5 Å². The molecular weight excluding hydrogens is 509 g/mol. The fourth-order valence-corrected chi connectivity index (χ4v) is 4.02. The monoisotopic (exact) mass is 540 g/mol. The summed E-state index contributed by atoms with van der Waals surface area (Å²) < 4.78 is 47.9. The van der Waals surface area contributed by atoms with Crippen LogP contribution in [0.25, 0.3) is 11.1 Å². The van der Waals surface area contributed by atoms with Gasteiger partial charge in [-0.1, -0.05) is 24.3 Å². The van der Waals surface area contributed by atoms with Crippen LogP contribution < -0.4 is 4.90 Å². The van der Waals surface area contributed by atoms with E-state index >= 15 is 0 Å². The zero-order valence-corrected chi connectivity index (χ0v) is 22.6. The van der Waals surface area contributed by atoms with Gasteiger partial charge in [-0.3, -0.25) is 19.3 Å². The van der Waals surface area contributed by atoms with E-state index in [4.69, 9.17) is 4.74 Å². The fourth-order valence-electron chi connectivity index (χ4n) is 4.02. The lowest BCUT2D eigenvalue weighted by molar-refractivity contribution is -0.152. The van der Waals surface area contributed by atoms with Crippen LogP contribution in [0.15, 0.2) is 60.7 Å². The largest absolute Gasteiger partial charge is 0.459 e. The van der Waals surface area contributed by atoms with E-state index in [2.05, 4.69) is 0 Å². The second kappa shape index (κ2) is 12.1. The SMILES string of the molecule is CCN(CC)C(=O)c1ccc(-c2cccc(N(CC(=O)OC(C)(C)C)C(=O)c3c(F)cc(F)cc3F)c2)cc1.